The van der Waals surface area contributed by atoms with Gasteiger partial charge in [0.05, 0.1) is 20.4 Å². The molecule has 1 heterocycles. The molecule has 0 saturated carbocycles. The second kappa shape index (κ2) is 7.98. The summed E-state index contributed by atoms with van der Waals surface area (Å²) in [7, 11) is 3.21. The third-order valence-corrected chi connectivity index (χ3v) is 4.65. The highest BCUT2D eigenvalue weighted by atomic mass is 32.1. The van der Waals surface area contributed by atoms with E-state index in [1.165, 1.54) is 5.56 Å². The number of aromatic amines is 1. The van der Waals surface area contributed by atoms with E-state index in [9.17, 15) is 0 Å². The lowest BCUT2D eigenvalue weighted by Crippen LogP contribution is -2.10. The highest BCUT2D eigenvalue weighted by molar-refractivity contribution is 7.71. The highest BCUT2D eigenvalue weighted by Crippen LogP contribution is 2.27. The molecule has 0 aliphatic rings. The number of nitrogens with one attached hydrogen (secondary N) is 1. The molecule has 0 aliphatic heterocycles. The summed E-state index contributed by atoms with van der Waals surface area (Å²) in [5.41, 5.74) is 3.14. The Morgan fingerprint density at radius 1 is 1.04 bits per heavy atom. The smallest absolute Gasteiger partial charge is 0.216 e. The molecule has 0 atom stereocenters. The summed E-state index contributed by atoms with van der Waals surface area (Å²) in [5, 5.41) is 11.7. The first-order chi connectivity index (χ1) is 13.3. The van der Waals surface area contributed by atoms with Crippen LogP contribution in [0.3, 0.4) is 0 Å². The Labute approximate surface area is 169 Å². The van der Waals surface area contributed by atoms with Gasteiger partial charge in [-0.3, -0.25) is 0 Å². The van der Waals surface area contributed by atoms with Gasteiger partial charge in [-0.15, -0.1) is 0 Å². The number of hydrogen-bond donors (Lipinski definition) is 1. The predicted octanol–water partition coefficient (Wildman–Crippen LogP) is 4.80. The summed E-state index contributed by atoms with van der Waals surface area (Å²) in [6.45, 7) is 6.56. The van der Waals surface area contributed by atoms with Gasteiger partial charge in [0.2, 0.25) is 4.77 Å². The molecule has 1 aromatic heterocycles. The largest absolute Gasteiger partial charge is 0.493 e. The van der Waals surface area contributed by atoms with Crippen LogP contribution in [-0.4, -0.2) is 35.3 Å². The summed E-state index contributed by atoms with van der Waals surface area (Å²) in [6, 6.07) is 13.9. The lowest BCUT2D eigenvalue weighted by molar-refractivity contribution is 0.355. The van der Waals surface area contributed by atoms with Crippen molar-refractivity contribution < 1.29 is 9.47 Å². The van der Waals surface area contributed by atoms with Gasteiger partial charge in [0, 0.05) is 5.56 Å². The van der Waals surface area contributed by atoms with Crippen LogP contribution in [0.4, 0.5) is 0 Å². The van der Waals surface area contributed by atoms with Gasteiger partial charge in [-0.05, 0) is 47.0 Å². The van der Waals surface area contributed by atoms with E-state index < -0.39 is 0 Å². The summed E-state index contributed by atoms with van der Waals surface area (Å²) >= 11 is 5.35. The number of aromatic nitrogens is 3. The average molecular weight is 397 g/mol. The Hall–Kier alpha value is -2.93. The topological polar surface area (TPSA) is 64.4 Å². The van der Waals surface area contributed by atoms with Gasteiger partial charge in [-0.2, -0.15) is 14.9 Å². The Bertz CT molecular complexity index is 1040. The van der Waals surface area contributed by atoms with Crippen LogP contribution in [0.1, 0.15) is 31.9 Å². The molecule has 3 aromatic rings. The van der Waals surface area contributed by atoms with Crippen molar-refractivity contribution in [2.24, 2.45) is 5.10 Å². The van der Waals surface area contributed by atoms with Gasteiger partial charge in [-0.1, -0.05) is 45.0 Å². The fraction of sp³-hybridized carbons (Fsp3) is 0.286. The Balaban J connectivity index is 1.94. The maximum Gasteiger partial charge on any atom is 0.216 e. The van der Waals surface area contributed by atoms with E-state index in [0.29, 0.717) is 22.1 Å². The van der Waals surface area contributed by atoms with Crippen molar-refractivity contribution in [2.45, 2.75) is 26.2 Å². The summed E-state index contributed by atoms with van der Waals surface area (Å²) in [5.74, 6) is 1.96. The molecule has 0 amide bonds. The third-order valence-electron chi connectivity index (χ3n) is 4.39. The maximum absolute atomic E-state index is 5.35. The number of ether oxygens (including phenoxy) is 2. The fourth-order valence-corrected chi connectivity index (χ4v) is 2.94. The highest BCUT2D eigenvalue weighted by Gasteiger charge is 2.14. The summed E-state index contributed by atoms with van der Waals surface area (Å²) in [4.78, 5) is 0. The fourth-order valence-electron chi connectivity index (χ4n) is 2.76. The van der Waals surface area contributed by atoms with Crippen molar-refractivity contribution in [2.75, 3.05) is 14.2 Å². The molecule has 0 radical (unpaired) electrons. The molecule has 0 fully saturated rings. The zero-order valence-electron chi connectivity index (χ0n) is 16.7. The van der Waals surface area contributed by atoms with Crippen LogP contribution in [0.5, 0.6) is 11.5 Å². The van der Waals surface area contributed by atoms with Crippen LogP contribution in [0.2, 0.25) is 0 Å². The number of rotatable bonds is 5. The van der Waals surface area contributed by atoms with Gasteiger partial charge in [-0.25, -0.2) is 5.10 Å². The standard InChI is InChI=1S/C21H24N4O2S/c1-21(2,3)16-9-7-15(8-10-16)19-23-24-20(28)25(19)22-13-14-6-11-17(26-4)18(12-14)27-5/h6-13H,1-5H3,(H,24,28). The van der Waals surface area contributed by atoms with Gasteiger partial charge in [0.15, 0.2) is 17.3 Å². The maximum atomic E-state index is 5.35. The van der Waals surface area contributed by atoms with Gasteiger partial charge >= 0.3 is 0 Å². The molecule has 28 heavy (non-hydrogen) atoms. The molecule has 6 nitrogen and oxygen atoms in total. The SMILES string of the molecule is COc1ccc(C=Nn2c(-c3ccc(C(C)(C)C)cc3)n[nH]c2=S)cc1OC. The molecule has 0 spiro atoms. The number of nitrogens with zero attached hydrogens (tertiary/aromatic N) is 3. The van der Waals surface area contributed by atoms with Crippen LogP contribution in [0, 0.1) is 4.77 Å². The lowest BCUT2D eigenvalue weighted by Gasteiger charge is -2.18. The Morgan fingerprint density at radius 2 is 1.71 bits per heavy atom. The number of H-pyrrole nitrogens is 1. The zero-order valence-corrected chi connectivity index (χ0v) is 17.5. The molecule has 7 heteroatoms. The van der Waals surface area contributed by atoms with Gasteiger partial charge in [0.25, 0.3) is 0 Å². The molecule has 0 bridgehead atoms. The molecule has 0 saturated heterocycles. The van der Waals surface area contributed by atoms with Gasteiger partial charge < -0.3 is 9.47 Å². The monoisotopic (exact) mass is 396 g/mol. The normalized spacial score (nSPS) is 11.8. The number of hydrogen-bond acceptors (Lipinski definition) is 5. The zero-order chi connectivity index (χ0) is 20.3. The molecule has 1 N–H and O–H groups in total. The van der Waals surface area contributed by atoms with Crippen LogP contribution in [0.15, 0.2) is 47.6 Å². The van der Waals surface area contributed by atoms with Crippen molar-refractivity contribution >= 4 is 18.4 Å². The molecule has 0 aliphatic carbocycles. The molecule has 2 aromatic carbocycles. The second-order valence-corrected chi connectivity index (χ2v) is 7.74. The van der Waals surface area contributed by atoms with Crippen molar-refractivity contribution in [1.82, 2.24) is 14.9 Å². The molecule has 3 rings (SSSR count). The number of benzene rings is 2. The van der Waals surface area contributed by atoms with Crippen molar-refractivity contribution in [1.29, 1.82) is 0 Å². The van der Waals surface area contributed by atoms with E-state index >= 15 is 0 Å². The number of methoxy groups -OCH3 is 2. The minimum Gasteiger partial charge on any atom is -0.493 e. The lowest BCUT2D eigenvalue weighted by atomic mass is 9.87. The summed E-state index contributed by atoms with van der Waals surface area (Å²) in [6.07, 6.45) is 1.71. The van der Waals surface area contributed by atoms with Gasteiger partial charge in [0.1, 0.15) is 0 Å². The molecule has 146 valence electrons. The van der Waals surface area contributed by atoms with Crippen LogP contribution >= 0.6 is 12.2 Å². The van der Waals surface area contributed by atoms with Crippen LogP contribution in [-0.2, 0) is 5.41 Å². The van der Waals surface area contributed by atoms with E-state index in [-0.39, 0.29) is 5.41 Å². The molecular weight excluding hydrogens is 372 g/mol. The first-order valence-electron chi connectivity index (χ1n) is 8.88. The van der Waals surface area contributed by atoms with Crippen LogP contribution in [0.25, 0.3) is 11.4 Å². The minimum absolute atomic E-state index is 0.0921. The van der Waals surface area contributed by atoms with E-state index in [0.717, 1.165) is 11.1 Å². The minimum atomic E-state index is 0.0921. The van der Waals surface area contributed by atoms with E-state index in [1.54, 1.807) is 25.1 Å². The Kier molecular flexibility index (Phi) is 5.65. The first kappa shape index (κ1) is 19.8. The van der Waals surface area contributed by atoms with Crippen molar-refractivity contribution in [3.63, 3.8) is 0 Å². The third kappa shape index (κ3) is 4.14. The first-order valence-corrected chi connectivity index (χ1v) is 9.29. The second-order valence-electron chi connectivity index (χ2n) is 7.35. The molecular formula is C21H24N4O2S. The van der Waals surface area contributed by atoms with Crippen LogP contribution < -0.4 is 9.47 Å². The average Bonchev–Trinajstić information content (AvgIpc) is 3.06. The van der Waals surface area contributed by atoms with Crippen molar-refractivity contribution in [3.8, 4) is 22.9 Å². The van der Waals surface area contributed by atoms with E-state index in [2.05, 4.69) is 48.2 Å². The summed E-state index contributed by atoms with van der Waals surface area (Å²) < 4.78 is 12.6. The van der Waals surface area contributed by atoms with E-state index in [1.807, 2.05) is 30.3 Å². The predicted molar refractivity (Wildman–Crippen MR) is 114 cm³/mol. The quantitative estimate of drug-likeness (QED) is 0.497. The van der Waals surface area contributed by atoms with Crippen molar-refractivity contribution in [3.05, 3.63) is 58.4 Å². The molecule has 0 unspecified atom stereocenters. The van der Waals surface area contributed by atoms with E-state index in [4.69, 9.17) is 21.7 Å². The Morgan fingerprint density at radius 3 is 2.32 bits per heavy atom.